The number of carbonyl (C=O) groups excluding carboxylic acids is 1. The van der Waals surface area contributed by atoms with Crippen LogP contribution in [0.5, 0.6) is 5.75 Å². The van der Waals surface area contributed by atoms with Crippen molar-refractivity contribution in [2.24, 2.45) is 0 Å². The van der Waals surface area contributed by atoms with Gasteiger partial charge in [0.1, 0.15) is 5.75 Å². The van der Waals surface area contributed by atoms with Gasteiger partial charge in [0.2, 0.25) is 0 Å². The van der Waals surface area contributed by atoms with Crippen LogP contribution in [0.3, 0.4) is 0 Å². The van der Waals surface area contributed by atoms with Crippen LogP contribution in [0.2, 0.25) is 0 Å². The summed E-state index contributed by atoms with van der Waals surface area (Å²) in [5.41, 5.74) is 3.32. The number of carbonyl (C=O) groups is 1. The van der Waals surface area contributed by atoms with Gasteiger partial charge in [0.25, 0.3) is 5.91 Å². The SMILES string of the molecule is COc1ccccc1Nc1cncc(C(=O)Nc2cccc3cccnc23)c1. The van der Waals surface area contributed by atoms with Gasteiger partial charge in [-0.1, -0.05) is 30.3 Å². The van der Waals surface area contributed by atoms with Gasteiger partial charge in [-0.25, -0.2) is 0 Å². The second-order valence-electron chi connectivity index (χ2n) is 6.12. The fourth-order valence-electron chi connectivity index (χ4n) is 2.94. The molecule has 0 atom stereocenters. The number of benzene rings is 2. The first-order chi connectivity index (χ1) is 13.7. The summed E-state index contributed by atoms with van der Waals surface area (Å²) in [6, 6.07) is 18.8. The fraction of sp³-hybridized carbons (Fsp3) is 0.0455. The maximum atomic E-state index is 12.8. The molecule has 138 valence electrons. The summed E-state index contributed by atoms with van der Waals surface area (Å²) in [7, 11) is 1.61. The molecule has 28 heavy (non-hydrogen) atoms. The van der Waals surface area contributed by atoms with E-state index in [1.54, 1.807) is 25.6 Å². The highest BCUT2D eigenvalue weighted by Crippen LogP contribution is 2.27. The number of hydrogen-bond donors (Lipinski definition) is 2. The first-order valence-corrected chi connectivity index (χ1v) is 8.75. The molecule has 4 aromatic rings. The van der Waals surface area contributed by atoms with Crippen molar-refractivity contribution < 1.29 is 9.53 Å². The summed E-state index contributed by atoms with van der Waals surface area (Å²) in [6.07, 6.45) is 4.89. The van der Waals surface area contributed by atoms with Gasteiger partial charge in [-0.15, -0.1) is 0 Å². The third-order valence-corrected chi connectivity index (χ3v) is 4.27. The Balaban J connectivity index is 1.58. The molecule has 0 radical (unpaired) electrons. The minimum absolute atomic E-state index is 0.255. The Bertz CT molecular complexity index is 1140. The zero-order valence-corrected chi connectivity index (χ0v) is 15.2. The van der Waals surface area contributed by atoms with E-state index in [9.17, 15) is 4.79 Å². The van der Waals surface area contributed by atoms with Crippen LogP contribution < -0.4 is 15.4 Å². The van der Waals surface area contributed by atoms with Crippen molar-refractivity contribution in [1.82, 2.24) is 9.97 Å². The molecule has 1 amide bonds. The van der Waals surface area contributed by atoms with Gasteiger partial charge in [0, 0.05) is 17.8 Å². The third-order valence-electron chi connectivity index (χ3n) is 4.27. The number of amides is 1. The van der Waals surface area contributed by atoms with E-state index < -0.39 is 0 Å². The minimum Gasteiger partial charge on any atom is -0.495 e. The molecule has 0 aliphatic heterocycles. The summed E-state index contributed by atoms with van der Waals surface area (Å²) in [5.74, 6) is 0.452. The van der Waals surface area contributed by atoms with Gasteiger partial charge in [-0.2, -0.15) is 0 Å². The molecule has 2 aromatic heterocycles. The number of para-hydroxylation sites is 3. The van der Waals surface area contributed by atoms with Crippen LogP contribution in [0.1, 0.15) is 10.4 Å². The summed E-state index contributed by atoms with van der Waals surface area (Å²) < 4.78 is 5.35. The molecule has 0 unspecified atom stereocenters. The van der Waals surface area contributed by atoms with Crippen molar-refractivity contribution in [1.29, 1.82) is 0 Å². The molecule has 2 heterocycles. The van der Waals surface area contributed by atoms with Gasteiger partial charge in [0.15, 0.2) is 0 Å². The highest BCUT2D eigenvalue weighted by Gasteiger charge is 2.11. The summed E-state index contributed by atoms with van der Waals surface area (Å²) in [5, 5.41) is 7.12. The summed E-state index contributed by atoms with van der Waals surface area (Å²) >= 11 is 0. The number of rotatable bonds is 5. The van der Waals surface area contributed by atoms with E-state index in [-0.39, 0.29) is 5.91 Å². The molecule has 0 bridgehead atoms. The van der Waals surface area contributed by atoms with Crippen LogP contribution in [0.15, 0.2) is 79.3 Å². The Labute approximate surface area is 162 Å². The second kappa shape index (κ2) is 7.75. The normalized spacial score (nSPS) is 10.5. The van der Waals surface area contributed by atoms with Crippen LogP contribution in [0.25, 0.3) is 10.9 Å². The van der Waals surface area contributed by atoms with Crippen LogP contribution in [-0.2, 0) is 0 Å². The Hall–Kier alpha value is -3.93. The number of hydrogen-bond acceptors (Lipinski definition) is 5. The highest BCUT2D eigenvalue weighted by atomic mass is 16.5. The van der Waals surface area contributed by atoms with E-state index in [0.717, 1.165) is 16.6 Å². The Morgan fingerprint density at radius 1 is 0.964 bits per heavy atom. The Morgan fingerprint density at radius 3 is 2.68 bits per heavy atom. The quantitative estimate of drug-likeness (QED) is 0.535. The van der Waals surface area contributed by atoms with Crippen LogP contribution >= 0.6 is 0 Å². The zero-order valence-electron chi connectivity index (χ0n) is 15.2. The predicted molar refractivity (Wildman–Crippen MR) is 110 cm³/mol. The zero-order chi connectivity index (χ0) is 19.3. The molecule has 6 heteroatoms. The number of methoxy groups -OCH3 is 1. The van der Waals surface area contributed by atoms with Gasteiger partial charge in [-0.05, 0) is 30.3 Å². The minimum atomic E-state index is -0.255. The third kappa shape index (κ3) is 3.61. The van der Waals surface area contributed by atoms with Crippen molar-refractivity contribution in [3.63, 3.8) is 0 Å². The number of fused-ring (bicyclic) bond motifs is 1. The monoisotopic (exact) mass is 370 g/mol. The standard InChI is InChI=1S/C22H18N4O2/c1-28-20-10-3-2-8-18(20)25-17-12-16(13-23-14-17)22(27)26-19-9-4-6-15-7-5-11-24-21(15)19/h2-14,25H,1H3,(H,26,27). The Morgan fingerprint density at radius 2 is 1.79 bits per heavy atom. The molecule has 0 aliphatic rings. The number of pyridine rings is 2. The number of aromatic nitrogens is 2. The van der Waals surface area contributed by atoms with Gasteiger partial charge in [0.05, 0.1) is 41.4 Å². The predicted octanol–water partition coefficient (Wildman–Crippen LogP) is 4.63. The first-order valence-electron chi connectivity index (χ1n) is 8.75. The van der Waals surface area contributed by atoms with E-state index in [1.165, 1.54) is 6.20 Å². The van der Waals surface area contributed by atoms with E-state index in [2.05, 4.69) is 20.6 Å². The smallest absolute Gasteiger partial charge is 0.257 e. The molecule has 6 nitrogen and oxygen atoms in total. The van der Waals surface area contributed by atoms with E-state index >= 15 is 0 Å². The molecule has 0 saturated carbocycles. The lowest BCUT2D eigenvalue weighted by Gasteiger charge is -2.12. The maximum absolute atomic E-state index is 12.8. The van der Waals surface area contributed by atoms with Crippen molar-refractivity contribution >= 4 is 33.9 Å². The van der Waals surface area contributed by atoms with Crippen molar-refractivity contribution in [3.05, 3.63) is 84.8 Å². The molecule has 0 fully saturated rings. The molecule has 2 N–H and O–H groups in total. The second-order valence-corrected chi connectivity index (χ2v) is 6.12. The van der Waals surface area contributed by atoms with Crippen LogP contribution in [-0.4, -0.2) is 23.0 Å². The topological polar surface area (TPSA) is 76.1 Å². The molecular formula is C22H18N4O2. The maximum Gasteiger partial charge on any atom is 0.257 e. The molecule has 2 aromatic carbocycles. The fourth-order valence-corrected chi connectivity index (χ4v) is 2.94. The number of ether oxygens (including phenoxy) is 1. The van der Waals surface area contributed by atoms with Gasteiger partial charge >= 0.3 is 0 Å². The number of anilines is 3. The van der Waals surface area contributed by atoms with E-state index in [0.29, 0.717) is 22.7 Å². The highest BCUT2D eigenvalue weighted by molar-refractivity contribution is 6.08. The first kappa shape index (κ1) is 17.5. The summed E-state index contributed by atoms with van der Waals surface area (Å²) in [4.78, 5) is 21.3. The Kier molecular flexibility index (Phi) is 4.84. The van der Waals surface area contributed by atoms with Crippen molar-refractivity contribution in [2.75, 3.05) is 17.7 Å². The van der Waals surface area contributed by atoms with Gasteiger partial charge in [-0.3, -0.25) is 14.8 Å². The molecule has 0 saturated heterocycles. The van der Waals surface area contributed by atoms with E-state index in [4.69, 9.17) is 4.74 Å². The lowest BCUT2D eigenvalue weighted by Crippen LogP contribution is -2.13. The lowest BCUT2D eigenvalue weighted by molar-refractivity contribution is 0.102. The van der Waals surface area contributed by atoms with Crippen LogP contribution in [0.4, 0.5) is 17.1 Å². The largest absolute Gasteiger partial charge is 0.495 e. The summed E-state index contributed by atoms with van der Waals surface area (Å²) in [6.45, 7) is 0. The average molecular weight is 370 g/mol. The molecule has 0 spiro atoms. The number of nitrogens with one attached hydrogen (secondary N) is 2. The average Bonchev–Trinajstić information content (AvgIpc) is 2.74. The molecule has 4 rings (SSSR count). The lowest BCUT2D eigenvalue weighted by atomic mass is 10.1. The van der Waals surface area contributed by atoms with E-state index in [1.807, 2.05) is 54.6 Å². The number of nitrogens with zero attached hydrogens (tertiary/aromatic N) is 2. The van der Waals surface area contributed by atoms with Crippen molar-refractivity contribution in [3.8, 4) is 5.75 Å². The molecule has 0 aliphatic carbocycles. The van der Waals surface area contributed by atoms with Crippen LogP contribution in [0, 0.1) is 0 Å². The molecular weight excluding hydrogens is 352 g/mol. The van der Waals surface area contributed by atoms with Crippen molar-refractivity contribution in [2.45, 2.75) is 0 Å². The van der Waals surface area contributed by atoms with Gasteiger partial charge < -0.3 is 15.4 Å².